The molecule has 1 aliphatic carbocycles. The van der Waals surface area contributed by atoms with E-state index in [-0.39, 0.29) is 30.9 Å². The number of ether oxygens (including phenoxy) is 1. The second kappa shape index (κ2) is 9.52. The minimum atomic E-state index is -4.09. The van der Waals surface area contributed by atoms with Gasteiger partial charge >= 0.3 is 7.60 Å². The van der Waals surface area contributed by atoms with Crippen LogP contribution in [0, 0.1) is 5.41 Å². The monoisotopic (exact) mass is 529 g/mol. The average molecular weight is 530 g/mol. The van der Waals surface area contributed by atoms with Crippen molar-refractivity contribution in [3.05, 3.63) is 11.6 Å². The molecule has 4 heterocycles. The molecule has 0 amide bonds. The van der Waals surface area contributed by atoms with E-state index in [1.807, 2.05) is 0 Å². The summed E-state index contributed by atoms with van der Waals surface area (Å²) in [5.74, 6) is 0.682. The van der Waals surface area contributed by atoms with Crippen LogP contribution in [0.15, 0.2) is 6.33 Å². The molecule has 4 N–H and O–H groups in total. The van der Waals surface area contributed by atoms with Crippen LogP contribution in [0.4, 0.5) is 5.82 Å². The Morgan fingerprint density at radius 2 is 1.94 bits per heavy atom. The standard InChI is InChI=1S/C22H33ClN5O6P/c23-20-25-17(27-10-9-21(12-27)6-2-1-3-7-21)15-18(26-20)28(14-24-15)19-16(29)22(30,13-34-19)8-4-5-11-35(31,32)33/h14,16,19,29-30H,1-13H2,(H2,31,32,33)/t16?,19-,22?/m1/s1. The van der Waals surface area contributed by atoms with E-state index in [4.69, 9.17) is 26.1 Å². The van der Waals surface area contributed by atoms with Gasteiger partial charge in [0, 0.05) is 19.3 Å². The lowest BCUT2D eigenvalue weighted by Crippen LogP contribution is -2.42. The van der Waals surface area contributed by atoms with Gasteiger partial charge in [-0.3, -0.25) is 9.13 Å². The number of anilines is 1. The number of imidazole rings is 1. The van der Waals surface area contributed by atoms with E-state index >= 15 is 0 Å². The van der Waals surface area contributed by atoms with Crippen LogP contribution in [0.2, 0.25) is 5.28 Å². The quantitative estimate of drug-likeness (QED) is 0.239. The molecule has 5 rings (SSSR count). The van der Waals surface area contributed by atoms with Crippen LogP contribution < -0.4 is 4.90 Å². The molecule has 194 valence electrons. The molecule has 0 aromatic carbocycles. The largest absolute Gasteiger partial charge is 0.385 e. The van der Waals surface area contributed by atoms with Gasteiger partial charge in [0.1, 0.15) is 11.7 Å². The molecule has 1 spiro atoms. The second-order valence-electron chi connectivity index (χ2n) is 10.5. The number of fused-ring (bicyclic) bond motifs is 1. The van der Waals surface area contributed by atoms with Crippen molar-refractivity contribution in [1.82, 2.24) is 19.5 Å². The molecule has 3 fully saturated rings. The van der Waals surface area contributed by atoms with Crippen LogP contribution in [0.25, 0.3) is 11.2 Å². The van der Waals surface area contributed by atoms with Crippen LogP contribution in [0.5, 0.6) is 0 Å². The fourth-order valence-electron chi connectivity index (χ4n) is 5.98. The van der Waals surface area contributed by atoms with Gasteiger partial charge in [-0.05, 0) is 55.5 Å². The summed E-state index contributed by atoms with van der Waals surface area (Å²) < 4.78 is 18.4. The molecule has 3 atom stereocenters. The number of unbranched alkanes of at least 4 members (excludes halogenated alkanes) is 1. The van der Waals surface area contributed by atoms with E-state index in [1.165, 1.54) is 38.4 Å². The number of rotatable bonds is 7. The number of aromatic nitrogens is 4. The minimum absolute atomic E-state index is 0.0824. The van der Waals surface area contributed by atoms with E-state index in [1.54, 1.807) is 4.57 Å². The van der Waals surface area contributed by atoms with Gasteiger partial charge in [-0.25, -0.2) is 4.98 Å². The van der Waals surface area contributed by atoms with Crippen molar-refractivity contribution in [3.8, 4) is 0 Å². The third kappa shape index (κ3) is 5.09. The summed E-state index contributed by atoms with van der Waals surface area (Å²) in [6, 6.07) is 0. The first kappa shape index (κ1) is 25.3. The third-order valence-corrected chi connectivity index (χ3v) is 9.00. The van der Waals surface area contributed by atoms with Crippen LogP contribution in [-0.4, -0.2) is 77.1 Å². The lowest BCUT2D eigenvalue weighted by molar-refractivity contribution is -0.0655. The van der Waals surface area contributed by atoms with Gasteiger partial charge in [0.05, 0.1) is 12.9 Å². The Hall–Kier alpha value is -1.33. The summed E-state index contributed by atoms with van der Waals surface area (Å²) in [6.07, 6.45) is 7.21. The first-order chi connectivity index (χ1) is 16.6. The molecule has 0 bridgehead atoms. The fourth-order valence-corrected chi connectivity index (χ4v) is 6.78. The zero-order valence-electron chi connectivity index (χ0n) is 19.6. The molecule has 0 radical (unpaired) electrons. The van der Waals surface area contributed by atoms with Crippen molar-refractivity contribution in [1.29, 1.82) is 0 Å². The van der Waals surface area contributed by atoms with Crippen molar-refractivity contribution < 1.29 is 29.3 Å². The highest BCUT2D eigenvalue weighted by Gasteiger charge is 2.49. The predicted molar refractivity (Wildman–Crippen MR) is 129 cm³/mol. The smallest absolute Gasteiger partial charge is 0.325 e. The summed E-state index contributed by atoms with van der Waals surface area (Å²) in [5, 5.41) is 22.0. The van der Waals surface area contributed by atoms with E-state index in [0.29, 0.717) is 28.8 Å². The Labute approximate surface area is 208 Å². The number of hydrogen-bond acceptors (Lipinski definition) is 8. The third-order valence-electron chi connectivity index (χ3n) is 7.94. The van der Waals surface area contributed by atoms with E-state index < -0.39 is 25.5 Å². The maximum atomic E-state index is 11.1. The Morgan fingerprint density at radius 1 is 1.17 bits per heavy atom. The van der Waals surface area contributed by atoms with E-state index in [9.17, 15) is 14.8 Å². The molecule has 11 nitrogen and oxygen atoms in total. The lowest BCUT2D eigenvalue weighted by atomic mass is 9.73. The van der Waals surface area contributed by atoms with Crippen molar-refractivity contribution in [2.45, 2.75) is 75.7 Å². The summed E-state index contributed by atoms with van der Waals surface area (Å²) in [4.78, 5) is 33.7. The summed E-state index contributed by atoms with van der Waals surface area (Å²) in [6.45, 7) is 1.68. The molecule has 2 aliphatic heterocycles. The highest BCUT2D eigenvalue weighted by molar-refractivity contribution is 7.51. The molecular formula is C22H33ClN5O6P. The van der Waals surface area contributed by atoms with Crippen molar-refractivity contribution >= 4 is 36.2 Å². The highest BCUT2D eigenvalue weighted by Crippen LogP contribution is 2.46. The summed E-state index contributed by atoms with van der Waals surface area (Å²) >= 11 is 6.32. The van der Waals surface area contributed by atoms with Gasteiger partial charge in [0.25, 0.3) is 0 Å². The van der Waals surface area contributed by atoms with Crippen molar-refractivity contribution in [2.75, 3.05) is 30.8 Å². The Bertz CT molecular complexity index is 1120. The second-order valence-corrected chi connectivity index (χ2v) is 12.6. The van der Waals surface area contributed by atoms with Crippen molar-refractivity contribution in [3.63, 3.8) is 0 Å². The highest BCUT2D eigenvalue weighted by atomic mass is 35.5. The Morgan fingerprint density at radius 3 is 2.69 bits per heavy atom. The SMILES string of the molecule is O=P(O)(O)CCCCC1(O)CO[C@@H](n2cnc3c(N4CCC5(CCCCC5)C4)nc(Cl)nc32)C1O. The predicted octanol–water partition coefficient (Wildman–Crippen LogP) is 2.61. The lowest BCUT2D eigenvalue weighted by Gasteiger charge is -2.33. The zero-order chi connectivity index (χ0) is 24.8. The summed E-state index contributed by atoms with van der Waals surface area (Å²) in [5.41, 5.74) is -0.210. The maximum absolute atomic E-state index is 11.1. The molecule has 1 saturated carbocycles. The number of nitrogens with zero attached hydrogens (tertiary/aromatic N) is 5. The molecular weight excluding hydrogens is 497 g/mol. The zero-order valence-corrected chi connectivity index (χ0v) is 21.2. The molecule has 13 heteroatoms. The number of halogens is 1. The molecule has 2 aromatic heterocycles. The van der Waals surface area contributed by atoms with Crippen LogP contribution in [-0.2, 0) is 9.30 Å². The van der Waals surface area contributed by atoms with Crippen molar-refractivity contribution in [2.24, 2.45) is 5.41 Å². The van der Waals surface area contributed by atoms with Gasteiger partial charge in [-0.15, -0.1) is 0 Å². The van der Waals surface area contributed by atoms with Gasteiger partial charge in [-0.2, -0.15) is 9.97 Å². The van der Waals surface area contributed by atoms with Gasteiger partial charge in [-0.1, -0.05) is 19.3 Å². The van der Waals surface area contributed by atoms with Gasteiger partial charge in [0.15, 0.2) is 23.2 Å². The number of aliphatic hydroxyl groups excluding tert-OH is 1. The first-order valence-electron chi connectivity index (χ1n) is 12.3. The van der Waals surface area contributed by atoms with Gasteiger partial charge < -0.3 is 29.6 Å². The first-order valence-corrected chi connectivity index (χ1v) is 14.5. The number of aliphatic hydroxyl groups is 2. The average Bonchev–Trinajstić information content (AvgIpc) is 3.48. The minimum Gasteiger partial charge on any atom is -0.385 e. The Balaban J connectivity index is 1.35. The Kier molecular flexibility index (Phi) is 6.89. The maximum Gasteiger partial charge on any atom is 0.325 e. The van der Waals surface area contributed by atoms with Crippen LogP contribution >= 0.6 is 19.2 Å². The van der Waals surface area contributed by atoms with Crippen LogP contribution in [0.1, 0.15) is 64.0 Å². The van der Waals surface area contributed by atoms with E-state index in [0.717, 1.165) is 19.5 Å². The topological polar surface area (TPSA) is 154 Å². The fraction of sp³-hybridized carbons (Fsp3) is 0.773. The normalized spacial score (nSPS) is 29.0. The van der Waals surface area contributed by atoms with Gasteiger partial charge in [0.2, 0.25) is 5.28 Å². The molecule has 2 unspecified atom stereocenters. The van der Waals surface area contributed by atoms with Crippen LogP contribution in [0.3, 0.4) is 0 Å². The summed E-state index contributed by atoms with van der Waals surface area (Å²) in [7, 11) is -4.09. The molecule has 2 aromatic rings. The van der Waals surface area contributed by atoms with E-state index in [2.05, 4.69) is 19.9 Å². The molecule has 3 aliphatic rings. The number of hydrogen-bond donors (Lipinski definition) is 4. The molecule has 35 heavy (non-hydrogen) atoms. The molecule has 2 saturated heterocycles.